The maximum atomic E-state index is 12.6. The highest BCUT2D eigenvalue weighted by atomic mass is 16.3. The molecule has 7 heteroatoms. The van der Waals surface area contributed by atoms with Gasteiger partial charge >= 0.3 is 0 Å². The van der Waals surface area contributed by atoms with E-state index in [0.29, 0.717) is 5.82 Å². The second-order valence-electron chi connectivity index (χ2n) is 9.33. The van der Waals surface area contributed by atoms with Crippen molar-refractivity contribution in [1.82, 2.24) is 19.4 Å². The van der Waals surface area contributed by atoms with Gasteiger partial charge in [0.05, 0.1) is 11.2 Å². The number of para-hydroxylation sites is 1. The molecular weight excluding hydrogens is 414 g/mol. The van der Waals surface area contributed by atoms with Gasteiger partial charge in [-0.1, -0.05) is 18.2 Å². The molecule has 1 aromatic carbocycles. The minimum Gasteiger partial charge on any atom is -0.504 e. The number of pyridine rings is 1. The van der Waals surface area contributed by atoms with Crippen molar-refractivity contribution in [2.24, 2.45) is 7.05 Å². The molecule has 2 aromatic heterocycles. The number of rotatable bonds is 6. The Balaban J connectivity index is 1.12. The summed E-state index contributed by atoms with van der Waals surface area (Å²) in [5.41, 5.74) is 3.06. The van der Waals surface area contributed by atoms with Gasteiger partial charge in [-0.25, -0.2) is 9.97 Å². The topological polar surface area (TPSA) is 74.5 Å². The number of piperazine rings is 1. The summed E-state index contributed by atoms with van der Waals surface area (Å²) in [6, 6.07) is 9.71. The average Bonchev–Trinajstić information content (AvgIpc) is 2.85. The van der Waals surface area contributed by atoms with E-state index in [0.717, 1.165) is 106 Å². The van der Waals surface area contributed by atoms with Crippen molar-refractivity contribution in [2.75, 3.05) is 37.6 Å². The van der Waals surface area contributed by atoms with Crippen LogP contribution in [-0.2, 0) is 26.3 Å². The average molecular weight is 448 g/mol. The van der Waals surface area contributed by atoms with Gasteiger partial charge in [-0.2, -0.15) is 0 Å². The van der Waals surface area contributed by atoms with Crippen molar-refractivity contribution < 1.29 is 5.11 Å². The molecule has 1 aliphatic carbocycles. The molecule has 0 unspecified atom stereocenters. The molecule has 0 saturated carbocycles. The highest BCUT2D eigenvalue weighted by Gasteiger charge is 2.21. The van der Waals surface area contributed by atoms with Crippen LogP contribution in [0, 0.1) is 0 Å². The van der Waals surface area contributed by atoms with E-state index in [-0.39, 0.29) is 11.3 Å². The van der Waals surface area contributed by atoms with Crippen molar-refractivity contribution in [3.8, 4) is 5.75 Å². The first-order chi connectivity index (χ1) is 16.1. The first-order valence-corrected chi connectivity index (χ1v) is 12.2. The minimum absolute atomic E-state index is 0.163. The summed E-state index contributed by atoms with van der Waals surface area (Å²) in [7, 11) is 1.87. The van der Waals surface area contributed by atoms with Gasteiger partial charge in [-0.05, 0) is 57.2 Å². The highest BCUT2D eigenvalue weighted by molar-refractivity contribution is 5.83. The largest absolute Gasteiger partial charge is 0.504 e. The third-order valence-electron chi connectivity index (χ3n) is 7.13. The van der Waals surface area contributed by atoms with E-state index >= 15 is 0 Å². The fraction of sp³-hybridized carbons (Fsp3) is 0.500. The van der Waals surface area contributed by atoms with Gasteiger partial charge in [0.1, 0.15) is 5.82 Å². The van der Waals surface area contributed by atoms with E-state index in [9.17, 15) is 9.90 Å². The Morgan fingerprint density at radius 1 is 1.00 bits per heavy atom. The number of aryl methyl sites for hydroxylation is 2. The quantitative estimate of drug-likeness (QED) is 0.586. The molecule has 0 amide bonds. The van der Waals surface area contributed by atoms with Crippen LogP contribution in [0.15, 0.2) is 35.1 Å². The van der Waals surface area contributed by atoms with E-state index in [1.807, 2.05) is 37.4 Å². The molecule has 5 rings (SSSR count). The Hall–Kier alpha value is -2.93. The standard InChI is InChI=1S/C26H33N5O2/c1-29-24(27-22-11-5-3-9-20(22)26(29)33)12-6-7-13-30-14-16-31(17-15-30)25-23(32)18-19-8-2-4-10-21(19)28-25/h2,4,8,10,18,32H,3,5-7,9,11-17H2,1H3. The van der Waals surface area contributed by atoms with E-state index in [1.54, 1.807) is 4.57 Å². The second-order valence-corrected chi connectivity index (χ2v) is 9.33. The van der Waals surface area contributed by atoms with E-state index in [4.69, 9.17) is 9.97 Å². The lowest BCUT2D eigenvalue weighted by molar-refractivity contribution is 0.251. The Morgan fingerprint density at radius 2 is 1.79 bits per heavy atom. The summed E-state index contributed by atoms with van der Waals surface area (Å²) in [6.07, 6.45) is 7.06. The number of aromatic nitrogens is 3. The molecule has 1 fully saturated rings. The third-order valence-corrected chi connectivity index (χ3v) is 7.13. The van der Waals surface area contributed by atoms with E-state index in [2.05, 4.69) is 9.80 Å². The fourth-order valence-corrected chi connectivity index (χ4v) is 5.15. The van der Waals surface area contributed by atoms with Crippen LogP contribution in [0.4, 0.5) is 5.82 Å². The van der Waals surface area contributed by atoms with Crippen LogP contribution in [-0.4, -0.2) is 57.3 Å². The molecule has 7 nitrogen and oxygen atoms in total. The van der Waals surface area contributed by atoms with Gasteiger partial charge in [0.25, 0.3) is 5.56 Å². The molecule has 0 atom stereocenters. The number of nitrogens with zero attached hydrogens (tertiary/aromatic N) is 5. The fourth-order valence-electron chi connectivity index (χ4n) is 5.15. The monoisotopic (exact) mass is 447 g/mol. The summed E-state index contributed by atoms with van der Waals surface area (Å²) < 4.78 is 1.77. The number of anilines is 1. The van der Waals surface area contributed by atoms with Crippen LogP contribution in [0.25, 0.3) is 10.9 Å². The van der Waals surface area contributed by atoms with Crippen molar-refractivity contribution in [3.63, 3.8) is 0 Å². The number of hydrogen-bond acceptors (Lipinski definition) is 6. The maximum absolute atomic E-state index is 12.6. The number of fused-ring (bicyclic) bond motifs is 2. The van der Waals surface area contributed by atoms with Crippen LogP contribution < -0.4 is 10.5 Å². The molecule has 0 bridgehead atoms. The van der Waals surface area contributed by atoms with Gasteiger partial charge in [0, 0.05) is 50.6 Å². The predicted octanol–water partition coefficient (Wildman–Crippen LogP) is 3.06. The molecule has 0 spiro atoms. The molecule has 174 valence electrons. The minimum atomic E-state index is 0.163. The number of unbranched alkanes of at least 4 members (excludes halogenated alkanes) is 1. The summed E-state index contributed by atoms with van der Waals surface area (Å²) in [5, 5.41) is 11.4. The summed E-state index contributed by atoms with van der Waals surface area (Å²) >= 11 is 0. The molecule has 1 aliphatic heterocycles. The van der Waals surface area contributed by atoms with Gasteiger partial charge in [0.15, 0.2) is 11.6 Å². The number of hydrogen-bond donors (Lipinski definition) is 1. The lowest BCUT2D eigenvalue weighted by atomic mass is 9.97. The Labute approximate surface area is 194 Å². The predicted molar refractivity (Wildman–Crippen MR) is 131 cm³/mol. The first-order valence-electron chi connectivity index (χ1n) is 12.2. The van der Waals surface area contributed by atoms with Gasteiger partial charge in [0.2, 0.25) is 0 Å². The number of aromatic hydroxyl groups is 1. The van der Waals surface area contributed by atoms with Crippen molar-refractivity contribution in [2.45, 2.75) is 44.9 Å². The van der Waals surface area contributed by atoms with Crippen LogP contribution in [0.3, 0.4) is 0 Å². The Bertz CT molecular complexity index is 1200. The molecule has 3 heterocycles. The molecule has 2 aliphatic rings. The lowest BCUT2D eigenvalue weighted by Gasteiger charge is -2.35. The zero-order valence-corrected chi connectivity index (χ0v) is 19.5. The van der Waals surface area contributed by atoms with E-state index in [1.165, 1.54) is 0 Å². The third kappa shape index (κ3) is 4.60. The molecule has 33 heavy (non-hydrogen) atoms. The summed E-state index contributed by atoms with van der Waals surface area (Å²) in [5.74, 6) is 1.88. The van der Waals surface area contributed by atoms with Crippen LogP contribution in [0.5, 0.6) is 5.75 Å². The zero-order valence-electron chi connectivity index (χ0n) is 19.5. The van der Waals surface area contributed by atoms with E-state index < -0.39 is 0 Å². The lowest BCUT2D eigenvalue weighted by Crippen LogP contribution is -2.47. The summed E-state index contributed by atoms with van der Waals surface area (Å²) in [6.45, 7) is 4.69. The first kappa shape index (κ1) is 21.9. The van der Waals surface area contributed by atoms with Crippen molar-refractivity contribution in [1.29, 1.82) is 0 Å². The summed E-state index contributed by atoms with van der Waals surface area (Å²) in [4.78, 5) is 26.9. The van der Waals surface area contributed by atoms with Gasteiger partial charge < -0.3 is 10.0 Å². The Morgan fingerprint density at radius 3 is 2.64 bits per heavy atom. The second kappa shape index (κ2) is 9.51. The smallest absolute Gasteiger partial charge is 0.256 e. The SMILES string of the molecule is Cn1c(CCCCN2CCN(c3nc4ccccc4cc3O)CC2)nc2c(c1=O)CCCC2. The Kier molecular flexibility index (Phi) is 6.31. The molecular formula is C26H33N5O2. The van der Waals surface area contributed by atoms with Gasteiger partial charge in [-0.3, -0.25) is 14.3 Å². The normalized spacial score (nSPS) is 16.8. The number of benzene rings is 1. The van der Waals surface area contributed by atoms with Crippen LogP contribution in [0.2, 0.25) is 0 Å². The molecule has 1 saturated heterocycles. The van der Waals surface area contributed by atoms with Crippen molar-refractivity contribution >= 4 is 16.7 Å². The van der Waals surface area contributed by atoms with Crippen molar-refractivity contribution in [3.05, 3.63) is 57.8 Å². The maximum Gasteiger partial charge on any atom is 0.256 e. The molecule has 0 radical (unpaired) electrons. The van der Waals surface area contributed by atoms with Crippen LogP contribution >= 0.6 is 0 Å². The van der Waals surface area contributed by atoms with Crippen LogP contribution in [0.1, 0.15) is 42.8 Å². The zero-order chi connectivity index (χ0) is 22.8. The van der Waals surface area contributed by atoms with Gasteiger partial charge in [-0.15, -0.1) is 0 Å². The molecule has 3 aromatic rings. The molecule has 1 N–H and O–H groups in total. The highest BCUT2D eigenvalue weighted by Crippen LogP contribution is 2.29.